The number of nitrogens with zero attached hydrogens (tertiary/aromatic N) is 1. The number of carbonyl (C=O) groups excluding carboxylic acids is 2. The van der Waals surface area contributed by atoms with E-state index in [1.54, 1.807) is 27.7 Å². The fraction of sp³-hybridized carbons (Fsp3) is 0.850. The Balaban J connectivity index is 3.11. The van der Waals surface area contributed by atoms with Gasteiger partial charge in [0.25, 0.3) is 0 Å². The van der Waals surface area contributed by atoms with Gasteiger partial charge in [0.05, 0.1) is 17.9 Å². The first-order valence-corrected chi connectivity index (χ1v) is 12.7. The van der Waals surface area contributed by atoms with Gasteiger partial charge in [0.1, 0.15) is 12.1 Å². The molecular formula is C20H37NO6Si. The molecule has 1 saturated heterocycles. The number of likely N-dealkylation sites (tertiary alicyclic amines) is 1. The van der Waals surface area contributed by atoms with Gasteiger partial charge in [0.2, 0.25) is 5.91 Å². The van der Waals surface area contributed by atoms with Gasteiger partial charge in [-0.25, -0.2) is 0 Å². The van der Waals surface area contributed by atoms with Crippen LogP contribution in [0.3, 0.4) is 0 Å². The van der Waals surface area contributed by atoms with Crippen LogP contribution in [0, 0.1) is 23.2 Å². The third-order valence-electron chi connectivity index (χ3n) is 5.07. The van der Waals surface area contributed by atoms with Crippen LogP contribution in [0.25, 0.3) is 0 Å². The van der Waals surface area contributed by atoms with E-state index < -0.39 is 44.5 Å². The van der Waals surface area contributed by atoms with Crippen molar-refractivity contribution in [3.63, 3.8) is 0 Å². The van der Waals surface area contributed by atoms with E-state index in [1.807, 2.05) is 20.8 Å². The second-order valence-corrected chi connectivity index (χ2v) is 12.5. The molecule has 1 heterocycles. The van der Waals surface area contributed by atoms with E-state index in [4.69, 9.17) is 9.16 Å². The Morgan fingerprint density at radius 2 is 1.71 bits per heavy atom. The summed E-state index contributed by atoms with van der Waals surface area (Å²) >= 11 is 0. The number of ether oxygens (including phenoxy) is 1. The molecule has 7 nitrogen and oxygen atoms in total. The van der Waals surface area contributed by atoms with Gasteiger partial charge in [-0.15, -0.1) is 0 Å². The zero-order valence-electron chi connectivity index (χ0n) is 18.7. The third-order valence-corrected chi connectivity index (χ3v) is 5.93. The molecule has 1 amide bonds. The van der Waals surface area contributed by atoms with Crippen LogP contribution in [0.2, 0.25) is 13.1 Å². The van der Waals surface area contributed by atoms with E-state index in [0.29, 0.717) is 6.61 Å². The SMILES string of the molecule is C[C@H](C(=O)O)[C@@H]1[C@H]([C@@H](CO[SiH](C)C)C(C)(C)C)C(=O)N1CC(=O)OC(C)(C)C. The quantitative estimate of drug-likeness (QED) is 0.372. The highest BCUT2D eigenvalue weighted by Gasteiger charge is 2.57. The Hall–Kier alpha value is -1.41. The standard InChI is InChI=1S/C20H37NO6Si/c1-12(18(24)25)16-15(13(19(2,3)4)11-26-28(8)9)17(23)21(16)10-14(22)27-20(5,6)7/h12-13,15-16,28H,10-11H2,1-9H3,(H,24,25)/t12-,13+,15-,16+/m0/s1. The lowest BCUT2D eigenvalue weighted by Gasteiger charge is -2.54. The summed E-state index contributed by atoms with van der Waals surface area (Å²) in [6.07, 6.45) is 0. The van der Waals surface area contributed by atoms with Crippen molar-refractivity contribution in [1.82, 2.24) is 4.90 Å². The molecule has 1 N–H and O–H groups in total. The van der Waals surface area contributed by atoms with Crippen LogP contribution in [0.1, 0.15) is 48.5 Å². The molecule has 0 radical (unpaired) electrons. The second kappa shape index (κ2) is 8.94. The van der Waals surface area contributed by atoms with Crippen molar-refractivity contribution in [2.24, 2.45) is 23.2 Å². The van der Waals surface area contributed by atoms with Crippen molar-refractivity contribution in [2.45, 2.75) is 73.2 Å². The minimum Gasteiger partial charge on any atom is -0.481 e. The average molecular weight is 416 g/mol. The molecule has 162 valence electrons. The molecule has 1 aliphatic heterocycles. The van der Waals surface area contributed by atoms with Crippen LogP contribution in [-0.2, 0) is 23.5 Å². The summed E-state index contributed by atoms with van der Waals surface area (Å²) in [5.74, 6) is -3.11. The van der Waals surface area contributed by atoms with Crippen LogP contribution in [-0.4, -0.2) is 61.7 Å². The van der Waals surface area contributed by atoms with Crippen molar-refractivity contribution in [1.29, 1.82) is 0 Å². The summed E-state index contributed by atoms with van der Waals surface area (Å²) < 4.78 is 11.3. The molecule has 1 rings (SSSR count). The number of hydrogen-bond donors (Lipinski definition) is 1. The average Bonchev–Trinajstić information content (AvgIpc) is 2.48. The highest BCUT2D eigenvalue weighted by atomic mass is 28.3. The molecule has 28 heavy (non-hydrogen) atoms. The summed E-state index contributed by atoms with van der Waals surface area (Å²) in [6, 6.07) is -0.556. The van der Waals surface area contributed by atoms with Crippen molar-refractivity contribution in [3.8, 4) is 0 Å². The van der Waals surface area contributed by atoms with E-state index in [1.165, 1.54) is 4.90 Å². The van der Waals surface area contributed by atoms with Crippen LogP contribution in [0.15, 0.2) is 0 Å². The van der Waals surface area contributed by atoms with Gasteiger partial charge < -0.3 is 19.2 Å². The highest BCUT2D eigenvalue weighted by molar-refractivity contribution is 6.48. The minimum atomic E-state index is -1.29. The summed E-state index contributed by atoms with van der Waals surface area (Å²) in [4.78, 5) is 38.3. The Morgan fingerprint density at radius 1 is 1.18 bits per heavy atom. The normalized spacial score (nSPS) is 22.6. The summed E-state index contributed by atoms with van der Waals surface area (Å²) in [5, 5.41) is 9.58. The van der Waals surface area contributed by atoms with Gasteiger partial charge in [0, 0.05) is 6.61 Å². The smallest absolute Gasteiger partial charge is 0.326 e. The van der Waals surface area contributed by atoms with Crippen LogP contribution in [0.5, 0.6) is 0 Å². The van der Waals surface area contributed by atoms with Crippen LogP contribution >= 0.6 is 0 Å². The lowest BCUT2D eigenvalue weighted by Crippen LogP contribution is -2.69. The van der Waals surface area contributed by atoms with E-state index in [2.05, 4.69) is 13.1 Å². The summed E-state index contributed by atoms with van der Waals surface area (Å²) in [7, 11) is -1.29. The molecule has 0 bridgehead atoms. The highest BCUT2D eigenvalue weighted by Crippen LogP contribution is 2.44. The minimum absolute atomic E-state index is 0.128. The first kappa shape index (κ1) is 24.6. The largest absolute Gasteiger partial charge is 0.481 e. The van der Waals surface area contributed by atoms with Gasteiger partial charge in [0.15, 0.2) is 9.04 Å². The zero-order chi connectivity index (χ0) is 22.0. The zero-order valence-corrected chi connectivity index (χ0v) is 19.9. The molecule has 1 aliphatic rings. The van der Waals surface area contributed by atoms with Gasteiger partial charge in [-0.05, 0) is 52.1 Å². The Bertz CT molecular complexity index is 592. The van der Waals surface area contributed by atoms with Crippen molar-refractivity contribution < 1.29 is 28.7 Å². The summed E-state index contributed by atoms with van der Waals surface area (Å²) in [5.41, 5.74) is -0.903. The molecule has 0 aromatic carbocycles. The monoisotopic (exact) mass is 415 g/mol. The number of hydrogen-bond acceptors (Lipinski definition) is 5. The van der Waals surface area contributed by atoms with E-state index >= 15 is 0 Å². The van der Waals surface area contributed by atoms with Crippen molar-refractivity contribution in [2.75, 3.05) is 13.2 Å². The molecule has 0 saturated carbocycles. The molecule has 4 atom stereocenters. The van der Waals surface area contributed by atoms with Crippen molar-refractivity contribution >= 4 is 26.9 Å². The lowest BCUT2D eigenvalue weighted by atomic mass is 9.64. The number of rotatable bonds is 8. The van der Waals surface area contributed by atoms with Gasteiger partial charge in [-0.1, -0.05) is 20.8 Å². The maximum absolute atomic E-state index is 13.0. The fourth-order valence-corrected chi connectivity index (χ4v) is 4.21. The number of aliphatic carboxylic acids is 1. The third kappa shape index (κ3) is 6.30. The van der Waals surface area contributed by atoms with Gasteiger partial charge in [-0.2, -0.15) is 0 Å². The van der Waals surface area contributed by atoms with E-state index in [9.17, 15) is 19.5 Å². The Labute approximate surface area is 170 Å². The first-order valence-electron chi connectivity index (χ1n) is 9.93. The predicted molar refractivity (Wildman–Crippen MR) is 109 cm³/mol. The Morgan fingerprint density at radius 3 is 2.11 bits per heavy atom. The number of carbonyl (C=O) groups is 3. The molecule has 1 fully saturated rings. The summed E-state index contributed by atoms with van der Waals surface area (Å²) in [6.45, 7) is 17.3. The van der Waals surface area contributed by atoms with Crippen molar-refractivity contribution in [3.05, 3.63) is 0 Å². The fourth-order valence-electron chi connectivity index (χ4n) is 3.62. The Kier molecular flexibility index (Phi) is 7.87. The molecule has 0 aromatic heterocycles. The van der Waals surface area contributed by atoms with E-state index in [-0.39, 0.29) is 23.8 Å². The molecule has 0 spiro atoms. The maximum atomic E-state index is 13.0. The lowest BCUT2D eigenvalue weighted by molar-refractivity contribution is -0.182. The van der Waals surface area contributed by atoms with Crippen LogP contribution in [0.4, 0.5) is 0 Å². The molecule has 0 unspecified atom stereocenters. The van der Waals surface area contributed by atoms with E-state index in [0.717, 1.165) is 0 Å². The second-order valence-electron chi connectivity index (χ2n) is 10.1. The first-order chi connectivity index (χ1) is 12.6. The number of carboxylic acids is 1. The van der Waals surface area contributed by atoms with Crippen LogP contribution < -0.4 is 0 Å². The maximum Gasteiger partial charge on any atom is 0.326 e. The topological polar surface area (TPSA) is 93.1 Å². The van der Waals surface area contributed by atoms with Gasteiger partial charge in [-0.3, -0.25) is 14.4 Å². The number of carboxylic acid groups (broad SMARTS) is 1. The number of β-lactam (4-membered cyclic amide) rings is 1. The number of esters is 1. The molecule has 0 aromatic rings. The molecular weight excluding hydrogens is 378 g/mol. The molecule has 8 heteroatoms. The van der Waals surface area contributed by atoms with Gasteiger partial charge >= 0.3 is 11.9 Å². The molecule has 0 aliphatic carbocycles. The predicted octanol–water partition coefficient (Wildman–Crippen LogP) is 2.54. The number of amides is 1.